The molecule has 0 atom stereocenters. The predicted octanol–water partition coefficient (Wildman–Crippen LogP) is 5.73. The molecular formula is C20H17F3N2O3S. The van der Waals surface area contributed by atoms with Crippen LogP contribution >= 0.6 is 11.8 Å². The van der Waals surface area contributed by atoms with E-state index in [1.54, 1.807) is 18.2 Å². The maximum Gasteiger partial charge on any atom is 0.573 e. The minimum Gasteiger partial charge on any atom is -0.406 e. The van der Waals surface area contributed by atoms with Gasteiger partial charge in [-0.05, 0) is 38.1 Å². The van der Waals surface area contributed by atoms with E-state index < -0.39 is 18.0 Å². The van der Waals surface area contributed by atoms with Crippen LogP contribution in [0.25, 0.3) is 0 Å². The fraction of sp³-hybridized carbons (Fsp3) is 0.200. The molecule has 29 heavy (non-hydrogen) atoms. The van der Waals surface area contributed by atoms with Gasteiger partial charge in [0.05, 0.1) is 11.3 Å². The zero-order valence-corrected chi connectivity index (χ0v) is 16.4. The number of rotatable bonds is 6. The molecule has 0 aliphatic heterocycles. The van der Waals surface area contributed by atoms with Gasteiger partial charge in [0.1, 0.15) is 11.5 Å². The zero-order valence-electron chi connectivity index (χ0n) is 15.5. The first-order valence-corrected chi connectivity index (χ1v) is 9.52. The molecule has 3 aromatic rings. The van der Waals surface area contributed by atoms with Crippen LogP contribution in [-0.2, 0) is 5.75 Å². The first-order valence-electron chi connectivity index (χ1n) is 8.53. The van der Waals surface area contributed by atoms with E-state index in [0.29, 0.717) is 11.3 Å². The molecule has 0 spiro atoms. The van der Waals surface area contributed by atoms with Gasteiger partial charge in [-0.1, -0.05) is 23.4 Å². The molecule has 9 heteroatoms. The van der Waals surface area contributed by atoms with Crippen LogP contribution in [0.2, 0.25) is 0 Å². The van der Waals surface area contributed by atoms with Crippen molar-refractivity contribution < 1.29 is 27.2 Å². The fourth-order valence-corrected chi connectivity index (χ4v) is 3.81. The second kappa shape index (κ2) is 8.60. The first kappa shape index (κ1) is 20.8. The summed E-state index contributed by atoms with van der Waals surface area (Å²) < 4.78 is 46.2. The molecule has 0 unspecified atom stereocenters. The van der Waals surface area contributed by atoms with Gasteiger partial charge in [-0.15, -0.1) is 24.9 Å². The van der Waals surface area contributed by atoms with Gasteiger partial charge in [0.25, 0.3) is 5.91 Å². The maximum atomic E-state index is 12.7. The summed E-state index contributed by atoms with van der Waals surface area (Å²) in [4.78, 5) is 13.4. The van der Waals surface area contributed by atoms with Gasteiger partial charge in [-0.25, -0.2) is 0 Å². The summed E-state index contributed by atoms with van der Waals surface area (Å²) in [6.45, 7) is 3.67. The number of aromatic nitrogens is 1. The first-order chi connectivity index (χ1) is 13.7. The van der Waals surface area contributed by atoms with Crippen molar-refractivity contribution in [2.24, 2.45) is 0 Å². The number of alkyl halides is 3. The van der Waals surface area contributed by atoms with E-state index in [9.17, 15) is 18.0 Å². The number of carbonyl (C=O) groups is 1. The molecule has 0 saturated carbocycles. The molecule has 1 aromatic heterocycles. The van der Waals surface area contributed by atoms with Gasteiger partial charge in [0.15, 0.2) is 0 Å². The molecule has 0 radical (unpaired) electrons. The number of thioether (sulfide) groups is 1. The van der Waals surface area contributed by atoms with Crippen molar-refractivity contribution in [2.45, 2.75) is 30.9 Å². The number of carbonyl (C=O) groups excluding carboxylic acids is 1. The average molecular weight is 422 g/mol. The molecule has 1 amide bonds. The van der Waals surface area contributed by atoms with Crippen LogP contribution in [0.1, 0.15) is 27.4 Å². The monoisotopic (exact) mass is 422 g/mol. The molecule has 0 saturated heterocycles. The molecule has 5 nitrogen and oxygen atoms in total. The molecule has 3 rings (SSSR count). The van der Waals surface area contributed by atoms with Gasteiger partial charge in [0, 0.05) is 28.0 Å². The lowest BCUT2D eigenvalue weighted by atomic mass is 10.2. The van der Waals surface area contributed by atoms with E-state index in [-0.39, 0.29) is 5.69 Å². The molecule has 152 valence electrons. The summed E-state index contributed by atoms with van der Waals surface area (Å²) in [5.41, 5.74) is 2.36. The number of halogens is 3. The van der Waals surface area contributed by atoms with Crippen LogP contribution in [0.5, 0.6) is 5.75 Å². The maximum absolute atomic E-state index is 12.7. The van der Waals surface area contributed by atoms with Crippen LogP contribution in [0.4, 0.5) is 18.9 Å². The largest absolute Gasteiger partial charge is 0.573 e. The lowest BCUT2D eigenvalue weighted by molar-refractivity contribution is -0.274. The van der Waals surface area contributed by atoms with E-state index in [2.05, 4.69) is 15.2 Å². The third kappa shape index (κ3) is 5.54. The Hall–Kier alpha value is -2.94. The van der Waals surface area contributed by atoms with E-state index in [1.165, 1.54) is 23.9 Å². The number of hydrogen-bond acceptors (Lipinski definition) is 5. The van der Waals surface area contributed by atoms with Crippen LogP contribution in [0.3, 0.4) is 0 Å². The molecule has 0 aliphatic carbocycles. The highest BCUT2D eigenvalue weighted by molar-refractivity contribution is 7.98. The summed E-state index contributed by atoms with van der Waals surface area (Å²) in [6.07, 6.45) is -4.80. The topological polar surface area (TPSA) is 64.4 Å². The van der Waals surface area contributed by atoms with E-state index >= 15 is 0 Å². The molecule has 1 heterocycles. The van der Waals surface area contributed by atoms with Gasteiger partial charge in [0.2, 0.25) is 0 Å². The standard InChI is InChI=1S/C20H17F3N2O3S/c1-12-17(13(2)28-25-12)11-29-18-9-4-3-8-16(18)19(26)24-14-6-5-7-15(10-14)27-20(21,22)23/h3-10H,11H2,1-2H3,(H,24,26). The van der Waals surface area contributed by atoms with Crippen molar-refractivity contribution in [3.8, 4) is 5.75 Å². The molecule has 2 aromatic carbocycles. The second-order valence-electron chi connectivity index (χ2n) is 6.12. The van der Waals surface area contributed by atoms with Crippen molar-refractivity contribution in [1.82, 2.24) is 5.16 Å². The van der Waals surface area contributed by atoms with E-state index in [1.807, 2.05) is 19.9 Å². The molecule has 0 bridgehead atoms. The van der Waals surface area contributed by atoms with Gasteiger partial charge < -0.3 is 14.6 Å². The second-order valence-corrected chi connectivity index (χ2v) is 7.13. The lowest BCUT2D eigenvalue weighted by Gasteiger charge is -2.12. The Morgan fingerprint density at radius 1 is 1.17 bits per heavy atom. The minimum absolute atomic E-state index is 0.197. The van der Waals surface area contributed by atoms with Crippen molar-refractivity contribution >= 4 is 23.4 Å². The Morgan fingerprint density at radius 3 is 2.62 bits per heavy atom. The Kier molecular flexibility index (Phi) is 6.17. The number of nitrogens with zero attached hydrogens (tertiary/aromatic N) is 1. The third-order valence-electron chi connectivity index (χ3n) is 4.01. The highest BCUT2D eigenvalue weighted by Crippen LogP contribution is 2.30. The molecular weight excluding hydrogens is 405 g/mol. The highest BCUT2D eigenvalue weighted by atomic mass is 32.2. The number of hydrogen-bond donors (Lipinski definition) is 1. The number of aryl methyl sites for hydroxylation is 2. The van der Waals surface area contributed by atoms with E-state index in [4.69, 9.17) is 4.52 Å². The van der Waals surface area contributed by atoms with Crippen molar-refractivity contribution in [3.05, 3.63) is 71.1 Å². The zero-order chi connectivity index (χ0) is 21.0. The molecule has 0 aliphatic rings. The van der Waals surface area contributed by atoms with E-state index in [0.717, 1.165) is 34.0 Å². The normalized spacial score (nSPS) is 11.3. The number of benzene rings is 2. The number of anilines is 1. The summed E-state index contributed by atoms with van der Waals surface area (Å²) in [7, 11) is 0. The number of amides is 1. The fourth-order valence-electron chi connectivity index (χ4n) is 2.61. The Bertz CT molecular complexity index is 999. The minimum atomic E-state index is -4.80. The smallest absolute Gasteiger partial charge is 0.406 e. The summed E-state index contributed by atoms with van der Waals surface area (Å²) >= 11 is 1.45. The highest BCUT2D eigenvalue weighted by Gasteiger charge is 2.31. The van der Waals surface area contributed by atoms with Crippen LogP contribution in [0.15, 0.2) is 57.9 Å². The van der Waals surface area contributed by atoms with Crippen LogP contribution in [0, 0.1) is 13.8 Å². The summed E-state index contributed by atoms with van der Waals surface area (Å²) in [5, 5.41) is 6.53. The summed E-state index contributed by atoms with van der Waals surface area (Å²) in [6, 6.07) is 12.1. The molecule has 1 N–H and O–H groups in total. The van der Waals surface area contributed by atoms with Crippen LogP contribution in [-0.4, -0.2) is 17.4 Å². The van der Waals surface area contributed by atoms with Gasteiger partial charge in [-0.2, -0.15) is 0 Å². The van der Waals surface area contributed by atoms with Gasteiger partial charge in [-0.3, -0.25) is 4.79 Å². The molecule has 0 fully saturated rings. The summed E-state index contributed by atoms with van der Waals surface area (Å²) in [5.74, 6) is 0.450. The van der Waals surface area contributed by atoms with Gasteiger partial charge >= 0.3 is 6.36 Å². The Morgan fingerprint density at radius 2 is 1.93 bits per heavy atom. The average Bonchev–Trinajstić information content (AvgIpc) is 2.97. The van der Waals surface area contributed by atoms with Crippen molar-refractivity contribution in [2.75, 3.05) is 5.32 Å². The van der Waals surface area contributed by atoms with Crippen molar-refractivity contribution in [3.63, 3.8) is 0 Å². The SMILES string of the molecule is Cc1noc(C)c1CSc1ccccc1C(=O)Nc1cccc(OC(F)(F)F)c1. The lowest BCUT2D eigenvalue weighted by Crippen LogP contribution is -2.17. The predicted molar refractivity (Wildman–Crippen MR) is 103 cm³/mol. The quantitative estimate of drug-likeness (QED) is 0.514. The Balaban J connectivity index is 1.74. The third-order valence-corrected chi connectivity index (χ3v) is 5.11. The number of nitrogens with one attached hydrogen (secondary N) is 1. The Labute approximate surface area is 169 Å². The van der Waals surface area contributed by atoms with Crippen LogP contribution < -0.4 is 10.1 Å². The van der Waals surface area contributed by atoms with Crippen molar-refractivity contribution in [1.29, 1.82) is 0 Å². The number of ether oxygens (including phenoxy) is 1.